The molecule has 0 aromatic rings. The summed E-state index contributed by atoms with van der Waals surface area (Å²) in [5.74, 6) is -1.66. The number of esters is 2. The SMILES string of the molecule is CCCC(CCC)(COC(=O)CCOC(=O)CCC(C)(C)C)CC(=O)O. The van der Waals surface area contributed by atoms with Gasteiger partial charge in [-0.05, 0) is 24.7 Å². The first-order valence-electron chi connectivity index (χ1n) is 9.56. The number of carboxylic acid groups (broad SMARTS) is 1. The number of carbonyl (C=O) groups is 3. The van der Waals surface area contributed by atoms with Gasteiger partial charge in [0.15, 0.2) is 0 Å². The Balaban J connectivity index is 4.34. The molecule has 0 saturated carbocycles. The minimum absolute atomic E-state index is 0.00467. The number of hydrogen-bond acceptors (Lipinski definition) is 5. The molecule has 0 bridgehead atoms. The molecule has 0 spiro atoms. The van der Waals surface area contributed by atoms with E-state index in [9.17, 15) is 19.5 Å². The third kappa shape index (κ3) is 11.9. The summed E-state index contributed by atoms with van der Waals surface area (Å²) < 4.78 is 10.4. The maximum atomic E-state index is 11.9. The molecule has 0 saturated heterocycles. The highest BCUT2D eigenvalue weighted by molar-refractivity contribution is 5.72. The zero-order chi connectivity index (χ0) is 20.2. The molecule has 0 aliphatic carbocycles. The molecule has 6 heteroatoms. The van der Waals surface area contributed by atoms with Gasteiger partial charge in [-0.25, -0.2) is 0 Å². The number of carbonyl (C=O) groups excluding carboxylic acids is 2. The van der Waals surface area contributed by atoms with Crippen LogP contribution in [0.4, 0.5) is 0 Å². The Kier molecular flexibility index (Phi) is 11.2. The van der Waals surface area contributed by atoms with Gasteiger partial charge in [0.05, 0.1) is 19.4 Å². The molecule has 1 N–H and O–H groups in total. The minimum Gasteiger partial charge on any atom is -0.481 e. The van der Waals surface area contributed by atoms with E-state index >= 15 is 0 Å². The van der Waals surface area contributed by atoms with Crippen LogP contribution in [-0.2, 0) is 23.9 Å². The van der Waals surface area contributed by atoms with E-state index < -0.39 is 17.4 Å². The van der Waals surface area contributed by atoms with Gasteiger partial charge in [0.1, 0.15) is 6.61 Å². The molecular formula is C20H36O6. The smallest absolute Gasteiger partial charge is 0.309 e. The summed E-state index contributed by atoms with van der Waals surface area (Å²) in [6.45, 7) is 10.2. The fraction of sp³-hybridized carbons (Fsp3) is 0.850. The summed E-state index contributed by atoms with van der Waals surface area (Å²) in [6.07, 6.45) is 4.08. The lowest BCUT2D eigenvalue weighted by molar-refractivity contribution is -0.155. The Morgan fingerprint density at radius 1 is 0.846 bits per heavy atom. The molecule has 6 nitrogen and oxygen atoms in total. The summed E-state index contributed by atoms with van der Waals surface area (Å²) >= 11 is 0. The largest absolute Gasteiger partial charge is 0.481 e. The van der Waals surface area contributed by atoms with Crippen LogP contribution in [0.25, 0.3) is 0 Å². The highest BCUT2D eigenvalue weighted by Crippen LogP contribution is 2.34. The topological polar surface area (TPSA) is 89.9 Å². The second-order valence-corrected chi connectivity index (χ2v) is 8.26. The molecule has 0 heterocycles. The van der Waals surface area contributed by atoms with Crippen molar-refractivity contribution in [2.45, 2.75) is 86.0 Å². The fourth-order valence-electron chi connectivity index (χ4n) is 2.98. The van der Waals surface area contributed by atoms with Crippen molar-refractivity contribution in [3.63, 3.8) is 0 Å². The molecule has 0 radical (unpaired) electrons. The molecule has 0 rings (SSSR count). The molecule has 0 aliphatic rings. The van der Waals surface area contributed by atoms with Gasteiger partial charge in [-0.2, -0.15) is 0 Å². The van der Waals surface area contributed by atoms with E-state index in [0.29, 0.717) is 19.3 Å². The van der Waals surface area contributed by atoms with Gasteiger partial charge in [-0.1, -0.05) is 47.5 Å². The number of aliphatic carboxylic acids is 1. The molecule has 0 aromatic heterocycles. The minimum atomic E-state index is -0.879. The van der Waals surface area contributed by atoms with E-state index in [2.05, 4.69) is 0 Å². The first-order valence-corrected chi connectivity index (χ1v) is 9.56. The molecule has 152 valence electrons. The lowest BCUT2D eigenvalue weighted by Crippen LogP contribution is -2.31. The van der Waals surface area contributed by atoms with Crippen molar-refractivity contribution >= 4 is 17.9 Å². The van der Waals surface area contributed by atoms with Crippen molar-refractivity contribution < 1.29 is 29.0 Å². The van der Waals surface area contributed by atoms with Crippen LogP contribution in [0.5, 0.6) is 0 Å². The Labute approximate surface area is 157 Å². The van der Waals surface area contributed by atoms with Crippen LogP contribution >= 0.6 is 0 Å². The monoisotopic (exact) mass is 372 g/mol. The molecular weight excluding hydrogens is 336 g/mol. The zero-order valence-electron chi connectivity index (χ0n) is 17.1. The van der Waals surface area contributed by atoms with E-state index in [0.717, 1.165) is 19.3 Å². The van der Waals surface area contributed by atoms with Crippen molar-refractivity contribution in [1.82, 2.24) is 0 Å². The molecule has 26 heavy (non-hydrogen) atoms. The number of carboxylic acids is 1. The first-order chi connectivity index (χ1) is 12.0. The Bertz CT molecular complexity index is 444. The summed E-state index contributed by atoms with van der Waals surface area (Å²) in [4.78, 5) is 34.8. The van der Waals surface area contributed by atoms with Crippen molar-refractivity contribution in [3.05, 3.63) is 0 Å². The highest BCUT2D eigenvalue weighted by Gasteiger charge is 2.33. The molecule has 0 atom stereocenters. The van der Waals surface area contributed by atoms with Crippen LogP contribution in [0.1, 0.15) is 86.0 Å². The van der Waals surface area contributed by atoms with Crippen molar-refractivity contribution in [1.29, 1.82) is 0 Å². The van der Waals surface area contributed by atoms with Crippen LogP contribution < -0.4 is 0 Å². The van der Waals surface area contributed by atoms with Gasteiger partial charge < -0.3 is 14.6 Å². The number of ether oxygens (including phenoxy) is 2. The lowest BCUT2D eigenvalue weighted by Gasteiger charge is -2.31. The van der Waals surface area contributed by atoms with Gasteiger partial charge in [0, 0.05) is 11.8 Å². The van der Waals surface area contributed by atoms with Gasteiger partial charge in [0.25, 0.3) is 0 Å². The fourth-order valence-corrected chi connectivity index (χ4v) is 2.98. The number of rotatable bonds is 13. The third-order valence-corrected chi connectivity index (χ3v) is 4.27. The van der Waals surface area contributed by atoms with Crippen LogP contribution in [0.3, 0.4) is 0 Å². The van der Waals surface area contributed by atoms with Crippen molar-refractivity contribution in [3.8, 4) is 0 Å². The normalized spacial score (nSPS) is 11.9. The van der Waals surface area contributed by atoms with Crippen LogP contribution in [0.15, 0.2) is 0 Å². The maximum Gasteiger partial charge on any atom is 0.309 e. The lowest BCUT2D eigenvalue weighted by atomic mass is 9.77. The van der Waals surface area contributed by atoms with Crippen LogP contribution in [-0.4, -0.2) is 36.2 Å². The van der Waals surface area contributed by atoms with E-state index in [1.54, 1.807) is 0 Å². The third-order valence-electron chi connectivity index (χ3n) is 4.27. The first kappa shape index (κ1) is 24.4. The van der Waals surface area contributed by atoms with Gasteiger partial charge in [-0.15, -0.1) is 0 Å². The number of hydrogen-bond donors (Lipinski definition) is 1. The second kappa shape index (κ2) is 11.9. The summed E-state index contributed by atoms with van der Waals surface area (Å²) in [5.41, 5.74) is -0.460. The summed E-state index contributed by atoms with van der Waals surface area (Å²) in [7, 11) is 0. The van der Waals surface area contributed by atoms with E-state index in [1.165, 1.54) is 0 Å². The average Bonchev–Trinajstić information content (AvgIpc) is 2.50. The summed E-state index contributed by atoms with van der Waals surface area (Å²) in [6, 6.07) is 0. The Hall–Kier alpha value is -1.59. The zero-order valence-corrected chi connectivity index (χ0v) is 17.1. The van der Waals surface area contributed by atoms with Crippen molar-refractivity contribution in [2.24, 2.45) is 10.8 Å². The second-order valence-electron chi connectivity index (χ2n) is 8.26. The van der Waals surface area contributed by atoms with Gasteiger partial charge in [0.2, 0.25) is 0 Å². The Morgan fingerprint density at radius 3 is 1.85 bits per heavy atom. The highest BCUT2D eigenvalue weighted by atomic mass is 16.5. The van der Waals surface area contributed by atoms with Crippen LogP contribution in [0, 0.1) is 10.8 Å². The van der Waals surface area contributed by atoms with E-state index in [1.807, 2.05) is 34.6 Å². The molecule has 0 amide bonds. The average molecular weight is 373 g/mol. The van der Waals surface area contributed by atoms with Crippen LogP contribution in [0.2, 0.25) is 0 Å². The van der Waals surface area contributed by atoms with E-state index in [-0.39, 0.29) is 37.4 Å². The predicted molar refractivity (Wildman–Crippen MR) is 99.7 cm³/mol. The van der Waals surface area contributed by atoms with Gasteiger partial charge >= 0.3 is 17.9 Å². The van der Waals surface area contributed by atoms with Gasteiger partial charge in [-0.3, -0.25) is 14.4 Å². The quantitative estimate of drug-likeness (QED) is 0.483. The maximum absolute atomic E-state index is 11.9. The molecule has 0 fully saturated rings. The standard InChI is InChI=1S/C20H36O6/c1-6-10-20(11-7-2,14-16(21)22)15-26-18(24)9-13-25-17(23)8-12-19(3,4)5/h6-15H2,1-5H3,(H,21,22). The Morgan fingerprint density at radius 2 is 1.38 bits per heavy atom. The molecule has 0 unspecified atom stereocenters. The van der Waals surface area contributed by atoms with Crippen molar-refractivity contribution in [2.75, 3.05) is 13.2 Å². The summed E-state index contributed by atoms with van der Waals surface area (Å²) in [5, 5.41) is 9.18. The van der Waals surface area contributed by atoms with E-state index in [4.69, 9.17) is 9.47 Å². The molecule has 0 aromatic carbocycles. The molecule has 0 aliphatic heterocycles. The predicted octanol–water partition coefficient (Wildman–Crippen LogP) is 4.35.